The minimum atomic E-state index is -0.328. The van der Waals surface area contributed by atoms with Gasteiger partial charge in [-0.05, 0) is 86.7 Å². The Hall–Kier alpha value is -2.47. The van der Waals surface area contributed by atoms with Gasteiger partial charge in [-0.2, -0.15) is 0 Å². The number of anilines is 1. The zero-order valence-electron chi connectivity index (χ0n) is 16.0. The lowest BCUT2D eigenvalue weighted by molar-refractivity contribution is 0.172. The number of hydrogen-bond acceptors (Lipinski definition) is 2. The van der Waals surface area contributed by atoms with E-state index in [1.807, 2.05) is 12.1 Å². The highest BCUT2D eigenvalue weighted by atomic mass is 19.1. The number of likely N-dealkylation sites (tertiary alicyclic amines) is 1. The van der Waals surface area contributed by atoms with Gasteiger partial charge in [0.25, 0.3) is 0 Å². The molecule has 0 saturated carbocycles. The molecule has 6 heteroatoms. The Labute approximate surface area is 164 Å². The molecule has 0 aliphatic carbocycles. The number of nitrogens with one attached hydrogen (secondary N) is 2. The van der Waals surface area contributed by atoms with Gasteiger partial charge in [0.15, 0.2) is 0 Å². The third-order valence-corrected chi connectivity index (χ3v) is 5.08. The highest BCUT2D eigenvalue weighted by molar-refractivity contribution is 5.89. The molecule has 1 atom stereocenters. The molecule has 0 aromatic heterocycles. The largest absolute Gasteiger partial charge is 0.338 e. The smallest absolute Gasteiger partial charge is 0.319 e. The van der Waals surface area contributed by atoms with Crippen LogP contribution < -0.4 is 10.6 Å². The molecule has 0 radical (unpaired) electrons. The van der Waals surface area contributed by atoms with Crippen LogP contribution in [0.15, 0.2) is 48.5 Å². The fourth-order valence-corrected chi connectivity index (χ4v) is 3.69. The van der Waals surface area contributed by atoms with Crippen molar-refractivity contribution in [2.45, 2.75) is 25.7 Å². The van der Waals surface area contributed by atoms with E-state index in [1.165, 1.54) is 54.8 Å². The second-order valence-corrected chi connectivity index (χ2v) is 7.38. The molecule has 1 aliphatic heterocycles. The van der Waals surface area contributed by atoms with Crippen molar-refractivity contribution < 1.29 is 13.6 Å². The van der Waals surface area contributed by atoms with Crippen LogP contribution in [-0.4, -0.2) is 37.1 Å². The zero-order chi connectivity index (χ0) is 19.8. The quantitative estimate of drug-likeness (QED) is 0.691. The number of nitrogens with zero attached hydrogens (tertiary/aromatic N) is 1. The normalized spacial score (nSPS) is 17.3. The maximum Gasteiger partial charge on any atom is 0.319 e. The first-order valence-corrected chi connectivity index (χ1v) is 9.86. The second-order valence-electron chi connectivity index (χ2n) is 7.38. The summed E-state index contributed by atoms with van der Waals surface area (Å²) in [5.41, 5.74) is 1.76. The van der Waals surface area contributed by atoms with E-state index >= 15 is 0 Å². The monoisotopic (exact) mass is 387 g/mol. The molecule has 1 aliphatic rings. The van der Waals surface area contributed by atoms with Crippen LogP contribution in [0.2, 0.25) is 0 Å². The first-order valence-electron chi connectivity index (χ1n) is 9.86. The summed E-state index contributed by atoms with van der Waals surface area (Å²) in [6, 6.07) is 12.2. The predicted molar refractivity (Wildman–Crippen MR) is 107 cm³/mol. The topological polar surface area (TPSA) is 44.4 Å². The van der Waals surface area contributed by atoms with Crippen molar-refractivity contribution in [1.82, 2.24) is 10.2 Å². The first kappa shape index (κ1) is 20.3. The summed E-state index contributed by atoms with van der Waals surface area (Å²) in [7, 11) is 0. The van der Waals surface area contributed by atoms with Gasteiger partial charge in [-0.3, -0.25) is 0 Å². The van der Waals surface area contributed by atoms with Gasteiger partial charge < -0.3 is 15.5 Å². The fraction of sp³-hybridized carbons (Fsp3) is 0.409. The number of amides is 2. The fourth-order valence-electron chi connectivity index (χ4n) is 3.69. The molecular weight excluding hydrogens is 360 g/mol. The Bertz CT molecular complexity index is 749. The molecule has 2 aromatic carbocycles. The number of carbonyl (C=O) groups is 1. The van der Waals surface area contributed by atoms with Crippen LogP contribution in [0.3, 0.4) is 0 Å². The molecular formula is C22H27F2N3O. The number of halogens is 2. The van der Waals surface area contributed by atoms with Crippen LogP contribution >= 0.6 is 0 Å². The molecule has 0 bridgehead atoms. The summed E-state index contributed by atoms with van der Waals surface area (Å²) in [5.74, 6) is 0.0733. The van der Waals surface area contributed by atoms with Gasteiger partial charge in [0, 0.05) is 18.8 Å². The number of piperidine rings is 1. The van der Waals surface area contributed by atoms with Gasteiger partial charge in [0.05, 0.1) is 0 Å². The van der Waals surface area contributed by atoms with Crippen molar-refractivity contribution in [2.24, 2.45) is 5.92 Å². The molecule has 2 amide bonds. The van der Waals surface area contributed by atoms with E-state index in [-0.39, 0.29) is 17.7 Å². The number of urea groups is 1. The molecule has 3 rings (SSSR count). The molecule has 1 unspecified atom stereocenters. The third-order valence-electron chi connectivity index (χ3n) is 5.08. The number of hydrogen-bond donors (Lipinski definition) is 2. The standard InChI is InChI=1S/C22H27F2N3O/c23-19-6-4-17(5-7-19)15-18-3-1-13-27(16-18)14-2-12-25-22(28)26-21-10-8-20(24)9-11-21/h4-11,18H,1-3,12-16H2,(H2,25,26,28). The second kappa shape index (κ2) is 10.2. The Morgan fingerprint density at radius 1 is 1.04 bits per heavy atom. The van der Waals surface area contributed by atoms with Crippen molar-refractivity contribution in [1.29, 1.82) is 0 Å². The SMILES string of the molecule is O=C(NCCCN1CCCC(Cc2ccc(F)cc2)C1)Nc1ccc(F)cc1. The van der Waals surface area contributed by atoms with Crippen molar-refractivity contribution >= 4 is 11.7 Å². The molecule has 28 heavy (non-hydrogen) atoms. The maximum absolute atomic E-state index is 13.0. The lowest BCUT2D eigenvalue weighted by Gasteiger charge is -2.32. The van der Waals surface area contributed by atoms with E-state index < -0.39 is 0 Å². The van der Waals surface area contributed by atoms with Crippen LogP contribution in [0.25, 0.3) is 0 Å². The highest BCUT2D eigenvalue weighted by Crippen LogP contribution is 2.21. The summed E-state index contributed by atoms with van der Waals surface area (Å²) >= 11 is 0. The summed E-state index contributed by atoms with van der Waals surface area (Å²) in [4.78, 5) is 14.3. The molecule has 2 aromatic rings. The summed E-state index contributed by atoms with van der Waals surface area (Å²) in [6.45, 7) is 3.66. The molecule has 2 N–H and O–H groups in total. The lowest BCUT2D eigenvalue weighted by Crippen LogP contribution is -2.38. The molecule has 1 saturated heterocycles. The number of carbonyl (C=O) groups excluding carboxylic acids is 1. The summed E-state index contributed by atoms with van der Waals surface area (Å²) < 4.78 is 25.9. The van der Waals surface area contributed by atoms with E-state index in [9.17, 15) is 13.6 Å². The van der Waals surface area contributed by atoms with Gasteiger partial charge in [-0.1, -0.05) is 12.1 Å². The third kappa shape index (κ3) is 6.60. The maximum atomic E-state index is 13.0. The van der Waals surface area contributed by atoms with E-state index in [0.717, 1.165) is 32.5 Å². The van der Waals surface area contributed by atoms with Gasteiger partial charge in [-0.15, -0.1) is 0 Å². The van der Waals surface area contributed by atoms with E-state index in [1.54, 1.807) is 0 Å². The average Bonchev–Trinajstić information content (AvgIpc) is 2.69. The minimum absolute atomic E-state index is 0.190. The van der Waals surface area contributed by atoms with Gasteiger partial charge in [-0.25, -0.2) is 13.6 Å². The van der Waals surface area contributed by atoms with E-state index in [0.29, 0.717) is 18.2 Å². The average molecular weight is 387 g/mol. The molecule has 150 valence electrons. The van der Waals surface area contributed by atoms with E-state index in [4.69, 9.17) is 0 Å². The molecule has 0 spiro atoms. The van der Waals surface area contributed by atoms with Crippen LogP contribution in [0.5, 0.6) is 0 Å². The van der Waals surface area contributed by atoms with Crippen LogP contribution in [0.1, 0.15) is 24.8 Å². The minimum Gasteiger partial charge on any atom is -0.338 e. The zero-order valence-corrected chi connectivity index (χ0v) is 16.0. The summed E-state index contributed by atoms with van der Waals surface area (Å²) in [6.07, 6.45) is 4.23. The van der Waals surface area contributed by atoms with E-state index in [2.05, 4.69) is 15.5 Å². The van der Waals surface area contributed by atoms with Gasteiger partial charge >= 0.3 is 6.03 Å². The van der Waals surface area contributed by atoms with Crippen LogP contribution in [-0.2, 0) is 6.42 Å². The molecule has 1 fully saturated rings. The Morgan fingerprint density at radius 3 is 2.43 bits per heavy atom. The van der Waals surface area contributed by atoms with Crippen molar-refractivity contribution in [3.8, 4) is 0 Å². The van der Waals surface area contributed by atoms with Crippen LogP contribution in [0.4, 0.5) is 19.3 Å². The van der Waals surface area contributed by atoms with Crippen LogP contribution in [0, 0.1) is 17.6 Å². The Kier molecular flexibility index (Phi) is 7.37. The first-order chi connectivity index (χ1) is 13.6. The predicted octanol–water partition coefficient (Wildman–Crippen LogP) is 4.43. The summed E-state index contributed by atoms with van der Waals surface area (Å²) in [5, 5.41) is 5.52. The Balaban J connectivity index is 1.33. The number of rotatable bonds is 7. The van der Waals surface area contributed by atoms with Gasteiger partial charge in [0.2, 0.25) is 0 Å². The Morgan fingerprint density at radius 2 is 1.71 bits per heavy atom. The number of benzene rings is 2. The van der Waals surface area contributed by atoms with Gasteiger partial charge in [0.1, 0.15) is 11.6 Å². The highest BCUT2D eigenvalue weighted by Gasteiger charge is 2.19. The van der Waals surface area contributed by atoms with Crippen molar-refractivity contribution in [3.05, 3.63) is 65.7 Å². The molecule has 4 nitrogen and oxygen atoms in total. The van der Waals surface area contributed by atoms with Crippen molar-refractivity contribution in [2.75, 3.05) is 31.5 Å². The van der Waals surface area contributed by atoms with Crippen molar-refractivity contribution in [3.63, 3.8) is 0 Å². The lowest BCUT2D eigenvalue weighted by atomic mass is 9.91. The molecule has 1 heterocycles.